The van der Waals surface area contributed by atoms with Crippen LogP contribution in [-0.4, -0.2) is 60.3 Å². The molecule has 0 aliphatic carbocycles. The van der Waals surface area contributed by atoms with Crippen LogP contribution in [0, 0.1) is 0 Å². The van der Waals surface area contributed by atoms with Gasteiger partial charge in [0.1, 0.15) is 0 Å². The van der Waals surface area contributed by atoms with Crippen LogP contribution in [0.4, 0.5) is 0 Å². The van der Waals surface area contributed by atoms with Crippen molar-refractivity contribution in [3.05, 3.63) is 0 Å². The van der Waals surface area contributed by atoms with Crippen LogP contribution < -0.4 is 0 Å². The van der Waals surface area contributed by atoms with Crippen molar-refractivity contribution >= 4 is 0 Å². The predicted molar refractivity (Wildman–Crippen MR) is 66.6 cm³/mol. The standard InChI is InChI=1S/C13H26N2O/c16-12-13-6-2-5-9-15(13)11-10-14-7-3-1-4-8-14/h13,16H,1-12H2. The van der Waals surface area contributed by atoms with Crippen molar-refractivity contribution in [3.8, 4) is 0 Å². The van der Waals surface area contributed by atoms with Crippen molar-refractivity contribution in [2.75, 3.05) is 39.3 Å². The second kappa shape index (κ2) is 6.58. The van der Waals surface area contributed by atoms with Crippen molar-refractivity contribution in [1.82, 2.24) is 9.80 Å². The predicted octanol–water partition coefficient (Wildman–Crippen LogP) is 1.32. The first-order valence-corrected chi connectivity index (χ1v) is 6.97. The van der Waals surface area contributed by atoms with Gasteiger partial charge in [0.2, 0.25) is 0 Å². The monoisotopic (exact) mass is 226 g/mol. The van der Waals surface area contributed by atoms with Crippen molar-refractivity contribution in [1.29, 1.82) is 0 Å². The molecule has 3 heteroatoms. The van der Waals surface area contributed by atoms with E-state index in [-0.39, 0.29) is 0 Å². The van der Waals surface area contributed by atoms with Gasteiger partial charge in [0.15, 0.2) is 0 Å². The zero-order valence-corrected chi connectivity index (χ0v) is 10.4. The number of aliphatic hydroxyl groups is 1. The molecule has 1 atom stereocenters. The molecule has 2 fully saturated rings. The highest BCUT2D eigenvalue weighted by Crippen LogP contribution is 2.16. The van der Waals surface area contributed by atoms with E-state index in [1.165, 1.54) is 64.7 Å². The first kappa shape index (κ1) is 12.3. The fourth-order valence-electron chi connectivity index (χ4n) is 3.01. The number of hydrogen-bond acceptors (Lipinski definition) is 3. The zero-order chi connectivity index (χ0) is 11.2. The summed E-state index contributed by atoms with van der Waals surface area (Å²) in [5, 5.41) is 9.34. The molecule has 0 bridgehead atoms. The van der Waals surface area contributed by atoms with Crippen molar-refractivity contribution in [3.63, 3.8) is 0 Å². The summed E-state index contributed by atoms with van der Waals surface area (Å²) in [7, 11) is 0. The van der Waals surface area contributed by atoms with Crippen LogP contribution in [0.15, 0.2) is 0 Å². The highest BCUT2D eigenvalue weighted by molar-refractivity contribution is 4.77. The van der Waals surface area contributed by atoms with Gasteiger partial charge in [-0.3, -0.25) is 4.90 Å². The van der Waals surface area contributed by atoms with Gasteiger partial charge in [-0.05, 0) is 45.3 Å². The third-order valence-electron chi connectivity index (χ3n) is 4.11. The lowest BCUT2D eigenvalue weighted by Crippen LogP contribution is -2.46. The fraction of sp³-hybridized carbons (Fsp3) is 1.00. The van der Waals surface area contributed by atoms with E-state index in [0.717, 1.165) is 6.54 Å². The highest BCUT2D eigenvalue weighted by Gasteiger charge is 2.22. The molecule has 1 unspecified atom stereocenters. The number of nitrogens with zero attached hydrogens (tertiary/aromatic N) is 2. The molecule has 94 valence electrons. The molecule has 0 radical (unpaired) electrons. The molecule has 2 aliphatic rings. The van der Waals surface area contributed by atoms with Crippen LogP contribution in [0.1, 0.15) is 38.5 Å². The quantitative estimate of drug-likeness (QED) is 0.783. The van der Waals surface area contributed by atoms with Crippen LogP contribution in [-0.2, 0) is 0 Å². The van der Waals surface area contributed by atoms with Crippen LogP contribution in [0.3, 0.4) is 0 Å². The lowest BCUT2D eigenvalue weighted by molar-refractivity contribution is 0.0764. The molecule has 0 amide bonds. The van der Waals surface area contributed by atoms with E-state index in [1.807, 2.05) is 0 Å². The molecule has 0 aromatic heterocycles. The molecular formula is C13H26N2O. The Morgan fingerprint density at radius 2 is 1.62 bits per heavy atom. The molecule has 2 saturated heterocycles. The number of likely N-dealkylation sites (tertiary alicyclic amines) is 2. The molecule has 0 aromatic rings. The summed E-state index contributed by atoms with van der Waals surface area (Å²) >= 11 is 0. The van der Waals surface area contributed by atoms with E-state index >= 15 is 0 Å². The average Bonchev–Trinajstić information content (AvgIpc) is 2.38. The number of rotatable bonds is 4. The summed E-state index contributed by atoms with van der Waals surface area (Å²) in [6.45, 7) is 6.48. The Kier molecular flexibility index (Phi) is 5.07. The molecule has 16 heavy (non-hydrogen) atoms. The number of piperidine rings is 2. The second-order valence-corrected chi connectivity index (χ2v) is 5.27. The lowest BCUT2D eigenvalue weighted by atomic mass is 10.0. The van der Waals surface area contributed by atoms with Crippen LogP contribution in [0.25, 0.3) is 0 Å². The third kappa shape index (κ3) is 3.44. The first-order valence-electron chi connectivity index (χ1n) is 6.97. The smallest absolute Gasteiger partial charge is 0.0586 e. The van der Waals surface area contributed by atoms with Crippen LogP contribution in [0.5, 0.6) is 0 Å². The number of hydrogen-bond donors (Lipinski definition) is 1. The summed E-state index contributed by atoms with van der Waals surface area (Å²) in [6, 6.07) is 0.443. The Bertz CT molecular complexity index is 192. The van der Waals surface area contributed by atoms with Gasteiger partial charge in [0.05, 0.1) is 6.61 Å². The summed E-state index contributed by atoms with van der Waals surface area (Å²) in [4.78, 5) is 5.09. The minimum absolute atomic E-state index is 0.347. The van der Waals surface area contributed by atoms with E-state index in [2.05, 4.69) is 9.80 Å². The van der Waals surface area contributed by atoms with Crippen LogP contribution in [0.2, 0.25) is 0 Å². The molecule has 2 rings (SSSR count). The molecule has 0 spiro atoms. The van der Waals surface area contributed by atoms with Gasteiger partial charge in [0.25, 0.3) is 0 Å². The van der Waals surface area contributed by atoms with Crippen molar-refractivity contribution < 1.29 is 5.11 Å². The van der Waals surface area contributed by atoms with Gasteiger partial charge in [-0.1, -0.05) is 12.8 Å². The number of aliphatic hydroxyl groups excluding tert-OH is 1. The van der Waals surface area contributed by atoms with E-state index in [4.69, 9.17) is 0 Å². The van der Waals surface area contributed by atoms with E-state index in [1.54, 1.807) is 0 Å². The lowest BCUT2D eigenvalue weighted by Gasteiger charge is -2.36. The second-order valence-electron chi connectivity index (χ2n) is 5.27. The minimum Gasteiger partial charge on any atom is -0.395 e. The maximum atomic E-state index is 9.34. The van der Waals surface area contributed by atoms with Gasteiger partial charge < -0.3 is 10.0 Å². The zero-order valence-electron chi connectivity index (χ0n) is 10.4. The van der Waals surface area contributed by atoms with Crippen molar-refractivity contribution in [2.24, 2.45) is 0 Å². The Hall–Kier alpha value is -0.120. The Labute approximate surface area is 99.4 Å². The van der Waals surface area contributed by atoms with E-state index in [0.29, 0.717) is 12.6 Å². The largest absolute Gasteiger partial charge is 0.395 e. The minimum atomic E-state index is 0.347. The van der Waals surface area contributed by atoms with E-state index in [9.17, 15) is 5.11 Å². The Balaban J connectivity index is 1.70. The normalized spacial score (nSPS) is 29.4. The maximum absolute atomic E-state index is 9.34. The van der Waals surface area contributed by atoms with Gasteiger partial charge in [-0.2, -0.15) is 0 Å². The first-order chi connectivity index (χ1) is 7.90. The fourth-order valence-corrected chi connectivity index (χ4v) is 3.01. The van der Waals surface area contributed by atoms with Crippen molar-refractivity contribution in [2.45, 2.75) is 44.6 Å². The Morgan fingerprint density at radius 3 is 2.38 bits per heavy atom. The molecular weight excluding hydrogens is 200 g/mol. The molecule has 1 N–H and O–H groups in total. The van der Waals surface area contributed by atoms with Gasteiger partial charge >= 0.3 is 0 Å². The van der Waals surface area contributed by atoms with E-state index < -0.39 is 0 Å². The summed E-state index contributed by atoms with van der Waals surface area (Å²) in [6.07, 6.45) is 7.98. The third-order valence-corrected chi connectivity index (χ3v) is 4.11. The summed E-state index contributed by atoms with van der Waals surface area (Å²) < 4.78 is 0. The van der Waals surface area contributed by atoms with Crippen LogP contribution >= 0.6 is 0 Å². The van der Waals surface area contributed by atoms with Gasteiger partial charge in [0, 0.05) is 19.1 Å². The molecule has 2 aliphatic heterocycles. The molecule has 0 saturated carbocycles. The molecule has 2 heterocycles. The SMILES string of the molecule is OCC1CCCCN1CCN1CCCCC1. The topological polar surface area (TPSA) is 26.7 Å². The van der Waals surface area contributed by atoms with Gasteiger partial charge in [-0.15, -0.1) is 0 Å². The summed E-state index contributed by atoms with van der Waals surface area (Å²) in [5.41, 5.74) is 0. The van der Waals surface area contributed by atoms with Gasteiger partial charge in [-0.25, -0.2) is 0 Å². The highest BCUT2D eigenvalue weighted by atomic mass is 16.3. The Morgan fingerprint density at radius 1 is 0.875 bits per heavy atom. The maximum Gasteiger partial charge on any atom is 0.0586 e. The summed E-state index contributed by atoms with van der Waals surface area (Å²) in [5.74, 6) is 0. The molecule has 3 nitrogen and oxygen atoms in total. The average molecular weight is 226 g/mol. The molecule has 0 aromatic carbocycles.